The van der Waals surface area contributed by atoms with Gasteiger partial charge in [-0.15, -0.1) is 0 Å². The maximum absolute atomic E-state index is 6.23. The number of unbranched alkanes of at least 4 members (excludes halogenated alkanes) is 3. The third-order valence-electron chi connectivity index (χ3n) is 5.67. The Bertz CT molecular complexity index is 654. The van der Waals surface area contributed by atoms with Crippen LogP contribution in [-0.4, -0.2) is 31.6 Å². The van der Waals surface area contributed by atoms with E-state index >= 15 is 0 Å². The molecule has 1 heterocycles. The van der Waals surface area contributed by atoms with Gasteiger partial charge in [0.1, 0.15) is 5.75 Å². The largest absolute Gasteiger partial charge is 0.493 e. The smallest absolute Gasteiger partial charge is 0.122 e. The average Bonchev–Trinajstić information content (AvgIpc) is 2.70. The molecule has 0 N–H and O–H groups in total. The van der Waals surface area contributed by atoms with E-state index in [1.165, 1.54) is 69.2 Å². The Labute approximate surface area is 165 Å². The average molecular weight is 366 g/mol. The summed E-state index contributed by atoms with van der Waals surface area (Å²) in [6.07, 6.45) is 10.1. The minimum absolute atomic E-state index is 0.676. The van der Waals surface area contributed by atoms with Gasteiger partial charge in [0.2, 0.25) is 0 Å². The van der Waals surface area contributed by atoms with Crippen LogP contribution in [0.3, 0.4) is 0 Å². The number of nitrogens with zero attached hydrogens (tertiary/aromatic N) is 1. The summed E-state index contributed by atoms with van der Waals surface area (Å²) in [5, 5.41) is 0. The predicted molar refractivity (Wildman–Crippen MR) is 114 cm³/mol. The quantitative estimate of drug-likeness (QED) is 0.497. The molecule has 2 aromatic rings. The van der Waals surface area contributed by atoms with Crippen LogP contribution < -0.4 is 4.74 Å². The van der Waals surface area contributed by atoms with Gasteiger partial charge in [-0.05, 0) is 69.3 Å². The van der Waals surface area contributed by atoms with Gasteiger partial charge in [0, 0.05) is 12.5 Å². The minimum atomic E-state index is 0.676. The molecular formula is C25H35NO. The summed E-state index contributed by atoms with van der Waals surface area (Å²) < 4.78 is 6.23. The van der Waals surface area contributed by atoms with Gasteiger partial charge in [-0.2, -0.15) is 0 Å². The molecule has 0 bridgehead atoms. The highest BCUT2D eigenvalue weighted by atomic mass is 16.5. The predicted octanol–water partition coefficient (Wildman–Crippen LogP) is 5.75. The van der Waals surface area contributed by atoms with E-state index in [1.54, 1.807) is 0 Å². The highest BCUT2D eigenvalue weighted by Gasteiger charge is 2.18. The van der Waals surface area contributed by atoms with E-state index in [9.17, 15) is 0 Å². The van der Waals surface area contributed by atoms with Gasteiger partial charge < -0.3 is 9.64 Å². The summed E-state index contributed by atoms with van der Waals surface area (Å²) in [6, 6.07) is 19.5. The number of hydrogen-bond acceptors (Lipinski definition) is 2. The molecule has 2 nitrogen and oxygen atoms in total. The monoisotopic (exact) mass is 365 g/mol. The molecule has 2 aromatic carbocycles. The zero-order valence-electron chi connectivity index (χ0n) is 16.9. The first kappa shape index (κ1) is 19.9. The molecule has 1 unspecified atom stereocenters. The van der Waals surface area contributed by atoms with Crippen LogP contribution in [0.15, 0.2) is 54.6 Å². The van der Waals surface area contributed by atoms with Crippen molar-refractivity contribution in [1.29, 1.82) is 0 Å². The number of aryl methyl sites for hydroxylation is 2. The van der Waals surface area contributed by atoms with Crippen LogP contribution >= 0.6 is 0 Å². The lowest BCUT2D eigenvalue weighted by atomic mass is 9.99. The summed E-state index contributed by atoms with van der Waals surface area (Å²) in [7, 11) is 2.22. The molecule has 3 rings (SSSR count). The van der Waals surface area contributed by atoms with Crippen molar-refractivity contribution < 1.29 is 4.74 Å². The first-order chi connectivity index (χ1) is 13.3. The van der Waals surface area contributed by atoms with Crippen molar-refractivity contribution >= 4 is 0 Å². The summed E-state index contributed by atoms with van der Waals surface area (Å²) in [6.45, 7) is 3.26. The fourth-order valence-corrected chi connectivity index (χ4v) is 4.11. The van der Waals surface area contributed by atoms with Crippen molar-refractivity contribution in [2.24, 2.45) is 5.92 Å². The lowest BCUT2D eigenvalue weighted by molar-refractivity contribution is 0.150. The highest BCUT2D eigenvalue weighted by molar-refractivity contribution is 5.33. The zero-order valence-corrected chi connectivity index (χ0v) is 16.9. The molecule has 0 radical (unpaired) electrons. The minimum Gasteiger partial charge on any atom is -0.493 e. The molecule has 0 aliphatic carbocycles. The maximum Gasteiger partial charge on any atom is 0.122 e. The number of rotatable bonds is 10. The molecule has 1 fully saturated rings. The molecule has 1 atom stereocenters. The molecule has 2 heteroatoms. The van der Waals surface area contributed by atoms with Crippen LogP contribution in [0.1, 0.15) is 49.7 Å². The van der Waals surface area contributed by atoms with Crippen LogP contribution in [-0.2, 0) is 12.8 Å². The third-order valence-corrected chi connectivity index (χ3v) is 5.67. The van der Waals surface area contributed by atoms with Gasteiger partial charge in [0.05, 0.1) is 6.61 Å². The summed E-state index contributed by atoms with van der Waals surface area (Å²) in [5.41, 5.74) is 2.84. The topological polar surface area (TPSA) is 12.5 Å². The van der Waals surface area contributed by atoms with Gasteiger partial charge in [0.25, 0.3) is 0 Å². The van der Waals surface area contributed by atoms with E-state index in [2.05, 4.69) is 66.5 Å². The summed E-state index contributed by atoms with van der Waals surface area (Å²) >= 11 is 0. The fourth-order valence-electron chi connectivity index (χ4n) is 4.11. The van der Waals surface area contributed by atoms with Gasteiger partial charge in [0.15, 0.2) is 0 Å². The molecular weight excluding hydrogens is 330 g/mol. The Hall–Kier alpha value is -1.80. The number of piperidine rings is 1. The van der Waals surface area contributed by atoms with E-state index in [1.807, 2.05) is 0 Å². The van der Waals surface area contributed by atoms with Crippen LogP contribution in [0.2, 0.25) is 0 Å². The third kappa shape index (κ3) is 7.03. The van der Waals surface area contributed by atoms with E-state index in [0.717, 1.165) is 18.8 Å². The van der Waals surface area contributed by atoms with Crippen LogP contribution in [0.5, 0.6) is 5.75 Å². The number of benzene rings is 2. The molecule has 0 saturated carbocycles. The Morgan fingerprint density at radius 2 is 1.63 bits per heavy atom. The second-order valence-corrected chi connectivity index (χ2v) is 8.09. The van der Waals surface area contributed by atoms with Crippen molar-refractivity contribution in [2.75, 3.05) is 26.7 Å². The maximum atomic E-state index is 6.23. The Morgan fingerprint density at radius 1 is 0.889 bits per heavy atom. The Morgan fingerprint density at radius 3 is 2.44 bits per heavy atom. The number of likely N-dealkylation sites (tertiary alicyclic amines) is 1. The SMILES string of the molecule is CN1CCCC(COc2ccccc2CCCCCCc2ccccc2)C1. The lowest BCUT2D eigenvalue weighted by Gasteiger charge is -2.29. The molecule has 146 valence electrons. The van der Waals surface area contributed by atoms with E-state index in [4.69, 9.17) is 4.74 Å². The van der Waals surface area contributed by atoms with Crippen molar-refractivity contribution in [1.82, 2.24) is 4.90 Å². The summed E-state index contributed by atoms with van der Waals surface area (Å²) in [5.74, 6) is 1.78. The number of ether oxygens (including phenoxy) is 1. The Kier molecular flexibility index (Phi) is 8.23. The molecule has 27 heavy (non-hydrogen) atoms. The molecule has 0 aromatic heterocycles. The van der Waals surface area contributed by atoms with E-state index < -0.39 is 0 Å². The van der Waals surface area contributed by atoms with Crippen LogP contribution in [0.25, 0.3) is 0 Å². The van der Waals surface area contributed by atoms with Crippen LogP contribution in [0, 0.1) is 5.92 Å². The normalized spacial score (nSPS) is 17.7. The Balaban J connectivity index is 1.36. The number of para-hydroxylation sites is 1. The van der Waals surface area contributed by atoms with Gasteiger partial charge >= 0.3 is 0 Å². The first-order valence-electron chi connectivity index (χ1n) is 10.7. The van der Waals surface area contributed by atoms with Crippen LogP contribution in [0.4, 0.5) is 0 Å². The molecule has 0 spiro atoms. The van der Waals surface area contributed by atoms with Crippen molar-refractivity contribution in [3.8, 4) is 5.75 Å². The molecule has 1 saturated heterocycles. The lowest BCUT2D eigenvalue weighted by Crippen LogP contribution is -2.34. The molecule has 1 aliphatic heterocycles. The van der Waals surface area contributed by atoms with Gasteiger partial charge in [-0.25, -0.2) is 0 Å². The summed E-state index contributed by atoms with van der Waals surface area (Å²) in [4.78, 5) is 2.43. The zero-order chi connectivity index (χ0) is 18.7. The first-order valence-corrected chi connectivity index (χ1v) is 10.7. The second-order valence-electron chi connectivity index (χ2n) is 8.09. The van der Waals surface area contributed by atoms with E-state index in [-0.39, 0.29) is 0 Å². The highest BCUT2D eigenvalue weighted by Crippen LogP contribution is 2.23. The second kappa shape index (κ2) is 11.1. The number of hydrogen-bond donors (Lipinski definition) is 0. The molecule has 1 aliphatic rings. The van der Waals surface area contributed by atoms with Gasteiger partial charge in [-0.3, -0.25) is 0 Å². The van der Waals surface area contributed by atoms with E-state index in [0.29, 0.717) is 5.92 Å². The molecule has 0 amide bonds. The van der Waals surface area contributed by atoms with Crippen molar-refractivity contribution in [3.63, 3.8) is 0 Å². The van der Waals surface area contributed by atoms with Crippen molar-refractivity contribution in [2.45, 2.75) is 51.4 Å². The standard InChI is InChI=1S/C25H35NO/c1-26-19-11-15-23(20-26)21-27-25-18-10-9-17-24(25)16-8-3-2-5-12-22-13-6-4-7-14-22/h4,6-7,9-10,13-14,17-18,23H,2-3,5,8,11-12,15-16,19-21H2,1H3. The van der Waals surface area contributed by atoms with Crippen molar-refractivity contribution in [3.05, 3.63) is 65.7 Å². The fraction of sp³-hybridized carbons (Fsp3) is 0.520. The van der Waals surface area contributed by atoms with Gasteiger partial charge in [-0.1, -0.05) is 61.4 Å².